The summed E-state index contributed by atoms with van der Waals surface area (Å²) in [6, 6.07) is 11.8. The SMILES string of the molecule is C[SiH](C)Oc1c(C(=O)Cl)cc(OCc2ccccc2)c(C(C)(C)C)c1C(C)(C)C. The summed E-state index contributed by atoms with van der Waals surface area (Å²) >= 11 is 6.01. The zero-order valence-electron chi connectivity index (χ0n) is 18.9. The van der Waals surface area contributed by atoms with E-state index in [4.69, 9.17) is 20.8 Å². The molecule has 0 aliphatic rings. The van der Waals surface area contributed by atoms with Gasteiger partial charge in [-0.3, -0.25) is 4.79 Å². The van der Waals surface area contributed by atoms with Gasteiger partial charge in [-0.15, -0.1) is 0 Å². The summed E-state index contributed by atoms with van der Waals surface area (Å²) in [5.74, 6) is 1.31. The van der Waals surface area contributed by atoms with Crippen molar-refractivity contribution < 1.29 is 14.0 Å². The molecule has 0 spiro atoms. The molecule has 3 nitrogen and oxygen atoms in total. The molecule has 0 atom stereocenters. The Kier molecular flexibility index (Phi) is 7.23. The van der Waals surface area contributed by atoms with Crippen molar-refractivity contribution in [1.82, 2.24) is 0 Å². The van der Waals surface area contributed by atoms with Crippen LogP contribution in [0.3, 0.4) is 0 Å². The second kappa shape index (κ2) is 8.93. The van der Waals surface area contributed by atoms with Crippen LogP contribution in [0.1, 0.15) is 68.6 Å². The molecule has 0 aliphatic heterocycles. The second-order valence-corrected chi connectivity index (χ2v) is 12.4. The van der Waals surface area contributed by atoms with E-state index in [0.717, 1.165) is 16.7 Å². The molecule has 0 heterocycles. The third-order valence-electron chi connectivity index (χ3n) is 4.55. The lowest BCUT2D eigenvalue weighted by molar-refractivity contribution is 0.107. The first-order valence-electron chi connectivity index (χ1n) is 10.1. The molecule has 0 saturated heterocycles. The fourth-order valence-electron chi connectivity index (χ4n) is 3.45. The molecule has 0 unspecified atom stereocenters. The fraction of sp³-hybridized carbons (Fsp3) is 0.458. The minimum absolute atomic E-state index is 0.209. The van der Waals surface area contributed by atoms with Crippen LogP contribution in [0, 0.1) is 0 Å². The summed E-state index contributed by atoms with van der Waals surface area (Å²) < 4.78 is 12.6. The average molecular weight is 433 g/mol. The predicted molar refractivity (Wildman–Crippen MR) is 124 cm³/mol. The Hall–Kier alpha value is -1.78. The minimum Gasteiger partial charge on any atom is -0.546 e. The normalized spacial score (nSPS) is 12.2. The molecule has 0 radical (unpaired) electrons. The van der Waals surface area contributed by atoms with E-state index < -0.39 is 14.3 Å². The highest BCUT2D eigenvalue weighted by Crippen LogP contribution is 2.47. The van der Waals surface area contributed by atoms with Crippen LogP contribution >= 0.6 is 11.6 Å². The molecule has 2 aromatic carbocycles. The molecule has 2 rings (SSSR count). The second-order valence-electron chi connectivity index (χ2n) is 9.72. The monoisotopic (exact) mass is 432 g/mol. The lowest BCUT2D eigenvalue weighted by Gasteiger charge is -2.35. The minimum atomic E-state index is -1.47. The molecule has 2 aromatic rings. The van der Waals surface area contributed by atoms with E-state index in [1.54, 1.807) is 6.07 Å². The van der Waals surface area contributed by atoms with Gasteiger partial charge in [-0.1, -0.05) is 71.9 Å². The molecule has 0 amide bonds. The van der Waals surface area contributed by atoms with Crippen LogP contribution < -0.4 is 9.16 Å². The van der Waals surface area contributed by atoms with Gasteiger partial charge in [0.2, 0.25) is 9.04 Å². The molecule has 158 valence electrons. The van der Waals surface area contributed by atoms with Crippen LogP contribution in [0.5, 0.6) is 11.5 Å². The molecular weight excluding hydrogens is 400 g/mol. The lowest BCUT2D eigenvalue weighted by Crippen LogP contribution is -2.27. The summed E-state index contributed by atoms with van der Waals surface area (Å²) in [4.78, 5) is 12.4. The molecule has 0 N–H and O–H groups in total. The number of carbonyl (C=O) groups is 1. The van der Waals surface area contributed by atoms with E-state index in [2.05, 4.69) is 54.6 Å². The van der Waals surface area contributed by atoms with E-state index in [-0.39, 0.29) is 10.8 Å². The van der Waals surface area contributed by atoms with Crippen molar-refractivity contribution >= 4 is 25.9 Å². The largest absolute Gasteiger partial charge is 0.546 e. The zero-order valence-corrected chi connectivity index (χ0v) is 20.8. The average Bonchev–Trinajstić information content (AvgIpc) is 2.58. The first-order valence-corrected chi connectivity index (χ1v) is 13.2. The molecular formula is C24H33ClO3Si. The lowest BCUT2D eigenvalue weighted by atomic mass is 9.73. The van der Waals surface area contributed by atoms with E-state index >= 15 is 0 Å². The van der Waals surface area contributed by atoms with Crippen LogP contribution in [0.2, 0.25) is 13.1 Å². The number of benzene rings is 2. The van der Waals surface area contributed by atoms with E-state index in [1.807, 2.05) is 30.3 Å². The first-order chi connectivity index (χ1) is 13.3. The third-order valence-corrected chi connectivity index (χ3v) is 5.46. The van der Waals surface area contributed by atoms with Crippen LogP contribution in [0.25, 0.3) is 0 Å². The molecule has 0 fully saturated rings. The molecule has 5 heteroatoms. The van der Waals surface area contributed by atoms with Crippen molar-refractivity contribution in [3.8, 4) is 11.5 Å². The fourth-order valence-corrected chi connectivity index (χ4v) is 4.31. The van der Waals surface area contributed by atoms with Crippen molar-refractivity contribution in [3.05, 3.63) is 58.7 Å². The van der Waals surface area contributed by atoms with Gasteiger partial charge in [0, 0.05) is 11.1 Å². The number of halogens is 1. The summed E-state index contributed by atoms with van der Waals surface area (Å²) in [6.45, 7) is 17.5. The quantitative estimate of drug-likeness (QED) is 0.381. The van der Waals surface area contributed by atoms with Gasteiger partial charge in [0.05, 0.1) is 5.56 Å². The maximum absolute atomic E-state index is 12.4. The smallest absolute Gasteiger partial charge is 0.256 e. The van der Waals surface area contributed by atoms with Crippen LogP contribution in [-0.4, -0.2) is 14.3 Å². The Morgan fingerprint density at radius 3 is 1.97 bits per heavy atom. The van der Waals surface area contributed by atoms with Gasteiger partial charge in [0.25, 0.3) is 5.24 Å². The van der Waals surface area contributed by atoms with Gasteiger partial charge < -0.3 is 9.16 Å². The molecule has 0 aliphatic carbocycles. The number of hydrogen-bond acceptors (Lipinski definition) is 3. The van der Waals surface area contributed by atoms with E-state index in [0.29, 0.717) is 23.7 Å². The number of ether oxygens (including phenoxy) is 1. The van der Waals surface area contributed by atoms with E-state index in [9.17, 15) is 4.79 Å². The van der Waals surface area contributed by atoms with Crippen LogP contribution in [0.15, 0.2) is 36.4 Å². The van der Waals surface area contributed by atoms with E-state index in [1.165, 1.54) is 0 Å². The zero-order chi connectivity index (χ0) is 22.0. The standard InChI is InChI=1S/C24H33ClO3Si/c1-23(2,3)19-18(27-15-16-12-10-9-11-13-16)14-17(22(25)26)21(28-29(7)8)20(19)24(4,5)6/h9-14,29H,15H2,1-8H3. The molecule has 0 saturated carbocycles. The molecule has 0 bridgehead atoms. The van der Waals surface area contributed by atoms with Gasteiger partial charge in [-0.2, -0.15) is 0 Å². The Labute approximate surface area is 182 Å². The summed E-state index contributed by atoms with van der Waals surface area (Å²) in [7, 11) is -1.47. The predicted octanol–water partition coefficient (Wildman–Crippen LogP) is 6.60. The number of hydrogen-bond donors (Lipinski definition) is 0. The van der Waals surface area contributed by atoms with Gasteiger partial charge in [-0.25, -0.2) is 0 Å². The maximum atomic E-state index is 12.4. The highest BCUT2D eigenvalue weighted by Gasteiger charge is 2.35. The van der Waals surface area contributed by atoms with Crippen molar-refractivity contribution in [1.29, 1.82) is 0 Å². The summed E-state index contributed by atoms with van der Waals surface area (Å²) in [6.07, 6.45) is 0. The van der Waals surface area contributed by atoms with Crippen LogP contribution in [0.4, 0.5) is 0 Å². The van der Waals surface area contributed by atoms with Gasteiger partial charge in [0.1, 0.15) is 18.1 Å². The number of rotatable bonds is 6. The Balaban J connectivity index is 2.77. The maximum Gasteiger partial charge on any atom is 0.256 e. The highest BCUT2D eigenvalue weighted by molar-refractivity contribution is 6.68. The molecule has 0 aromatic heterocycles. The Morgan fingerprint density at radius 2 is 1.52 bits per heavy atom. The van der Waals surface area contributed by atoms with Crippen molar-refractivity contribution in [2.75, 3.05) is 0 Å². The third kappa shape index (κ3) is 5.86. The Morgan fingerprint density at radius 1 is 0.966 bits per heavy atom. The van der Waals surface area contributed by atoms with Crippen molar-refractivity contribution in [2.45, 2.75) is 72.1 Å². The van der Waals surface area contributed by atoms with Crippen molar-refractivity contribution in [2.24, 2.45) is 0 Å². The highest BCUT2D eigenvalue weighted by atomic mass is 35.5. The van der Waals surface area contributed by atoms with Gasteiger partial charge >= 0.3 is 0 Å². The van der Waals surface area contributed by atoms with Crippen LogP contribution in [-0.2, 0) is 17.4 Å². The Bertz CT molecular complexity index is 862. The van der Waals surface area contributed by atoms with Gasteiger partial charge in [-0.05, 0) is 47.2 Å². The van der Waals surface area contributed by atoms with Gasteiger partial charge in [0.15, 0.2) is 0 Å². The first kappa shape index (κ1) is 23.5. The molecule has 29 heavy (non-hydrogen) atoms. The summed E-state index contributed by atoms with van der Waals surface area (Å²) in [5.41, 5.74) is 3.05. The topological polar surface area (TPSA) is 35.5 Å². The van der Waals surface area contributed by atoms with Crippen molar-refractivity contribution in [3.63, 3.8) is 0 Å². The summed E-state index contributed by atoms with van der Waals surface area (Å²) in [5, 5.41) is -0.523. The number of carbonyl (C=O) groups excluding carboxylic acids is 1.